The molecule has 0 saturated carbocycles. The number of likely N-dealkylation sites (tertiary alicyclic amines) is 1. The number of hydrogen-bond donors (Lipinski definition) is 0. The van der Waals surface area contributed by atoms with Crippen LogP contribution in [0.4, 0.5) is 4.39 Å². The first-order valence-electron chi connectivity index (χ1n) is 9.05. The van der Waals surface area contributed by atoms with Crippen LogP contribution < -0.4 is 0 Å². The molecule has 0 N–H and O–H groups in total. The summed E-state index contributed by atoms with van der Waals surface area (Å²) in [5.41, 5.74) is 2.74. The van der Waals surface area contributed by atoms with E-state index in [2.05, 4.69) is 15.5 Å². The number of amides is 1. The lowest BCUT2D eigenvalue weighted by Crippen LogP contribution is -2.37. The zero-order valence-corrected chi connectivity index (χ0v) is 14.8. The summed E-state index contributed by atoms with van der Waals surface area (Å²) in [5.74, 6) is -0.116. The van der Waals surface area contributed by atoms with Crippen molar-refractivity contribution >= 4 is 5.91 Å². The number of halogens is 1. The van der Waals surface area contributed by atoms with Gasteiger partial charge in [-0.25, -0.2) is 9.07 Å². The quantitative estimate of drug-likeness (QED) is 0.697. The van der Waals surface area contributed by atoms with E-state index in [1.807, 2.05) is 35.2 Å². The predicted octanol–water partition coefficient (Wildman–Crippen LogP) is 2.58. The van der Waals surface area contributed by atoms with Crippen molar-refractivity contribution in [3.8, 4) is 5.69 Å². The Morgan fingerprint density at radius 3 is 2.74 bits per heavy atom. The number of aromatic nitrogens is 4. The van der Waals surface area contributed by atoms with Crippen molar-refractivity contribution in [1.82, 2.24) is 25.1 Å². The van der Waals surface area contributed by atoms with Crippen molar-refractivity contribution in [2.24, 2.45) is 0 Å². The van der Waals surface area contributed by atoms with E-state index >= 15 is 0 Å². The standard InChI is InChI=1S/C20H20FN5O/c21-17-4-1-3-16(11-17)12-19-5-2-10-25(19)20(27)13-15-6-8-18(9-7-15)26-14-22-23-24-26/h1,3-4,6-9,11,14,19H,2,5,10,12-13H2. The topological polar surface area (TPSA) is 63.9 Å². The van der Waals surface area contributed by atoms with Crippen LogP contribution in [0.3, 0.4) is 0 Å². The van der Waals surface area contributed by atoms with E-state index in [1.165, 1.54) is 12.4 Å². The zero-order chi connectivity index (χ0) is 18.6. The minimum Gasteiger partial charge on any atom is -0.339 e. The molecule has 1 fully saturated rings. The molecule has 0 radical (unpaired) electrons. The van der Waals surface area contributed by atoms with Gasteiger partial charge in [0.1, 0.15) is 12.1 Å². The van der Waals surface area contributed by atoms with Crippen LogP contribution in [0.5, 0.6) is 0 Å². The van der Waals surface area contributed by atoms with Crippen LogP contribution in [0.2, 0.25) is 0 Å². The van der Waals surface area contributed by atoms with Gasteiger partial charge in [0, 0.05) is 12.6 Å². The van der Waals surface area contributed by atoms with Crippen LogP contribution in [0.15, 0.2) is 54.9 Å². The summed E-state index contributed by atoms with van der Waals surface area (Å²) in [6.45, 7) is 0.765. The zero-order valence-electron chi connectivity index (χ0n) is 14.8. The Bertz CT molecular complexity index is 910. The van der Waals surface area contributed by atoms with Crippen molar-refractivity contribution in [2.45, 2.75) is 31.7 Å². The Morgan fingerprint density at radius 1 is 1.15 bits per heavy atom. The van der Waals surface area contributed by atoms with E-state index in [0.717, 1.165) is 36.2 Å². The molecule has 7 heteroatoms. The first-order valence-corrected chi connectivity index (χ1v) is 9.05. The Labute approximate surface area is 156 Å². The number of carbonyl (C=O) groups is 1. The fourth-order valence-electron chi connectivity index (χ4n) is 3.63. The van der Waals surface area contributed by atoms with Crippen molar-refractivity contribution in [3.63, 3.8) is 0 Å². The molecule has 2 heterocycles. The first-order chi connectivity index (χ1) is 13.2. The number of tetrazole rings is 1. The van der Waals surface area contributed by atoms with E-state index < -0.39 is 0 Å². The van der Waals surface area contributed by atoms with Gasteiger partial charge in [0.2, 0.25) is 5.91 Å². The van der Waals surface area contributed by atoms with Crippen molar-refractivity contribution in [2.75, 3.05) is 6.54 Å². The third-order valence-electron chi connectivity index (χ3n) is 4.96. The first kappa shape index (κ1) is 17.3. The Hall–Kier alpha value is -3.09. The van der Waals surface area contributed by atoms with Gasteiger partial charge in [0.25, 0.3) is 0 Å². The lowest BCUT2D eigenvalue weighted by molar-refractivity contribution is -0.131. The molecule has 1 amide bonds. The van der Waals surface area contributed by atoms with Crippen molar-refractivity contribution in [3.05, 3.63) is 71.8 Å². The molecule has 0 bridgehead atoms. The number of nitrogens with zero attached hydrogens (tertiary/aromatic N) is 5. The van der Waals surface area contributed by atoms with E-state index in [1.54, 1.807) is 16.8 Å². The maximum absolute atomic E-state index is 13.4. The summed E-state index contributed by atoms with van der Waals surface area (Å²) in [6.07, 6.45) is 4.53. The second-order valence-electron chi connectivity index (χ2n) is 6.81. The molecule has 1 atom stereocenters. The number of hydrogen-bond acceptors (Lipinski definition) is 4. The highest BCUT2D eigenvalue weighted by atomic mass is 19.1. The molecule has 3 aromatic rings. The van der Waals surface area contributed by atoms with E-state index in [0.29, 0.717) is 12.8 Å². The molecule has 0 aliphatic carbocycles. The second-order valence-corrected chi connectivity index (χ2v) is 6.81. The largest absolute Gasteiger partial charge is 0.339 e. The van der Waals surface area contributed by atoms with Crippen molar-refractivity contribution in [1.29, 1.82) is 0 Å². The second kappa shape index (κ2) is 7.65. The van der Waals surface area contributed by atoms with E-state index in [-0.39, 0.29) is 17.8 Å². The molecular formula is C20H20FN5O. The molecule has 1 saturated heterocycles. The summed E-state index contributed by atoms with van der Waals surface area (Å²) < 4.78 is 15.0. The molecular weight excluding hydrogens is 345 g/mol. The summed E-state index contributed by atoms with van der Waals surface area (Å²) in [4.78, 5) is 14.8. The normalized spacial score (nSPS) is 16.6. The molecule has 0 spiro atoms. The maximum Gasteiger partial charge on any atom is 0.227 e. The molecule has 1 unspecified atom stereocenters. The molecule has 27 heavy (non-hydrogen) atoms. The highest BCUT2D eigenvalue weighted by Crippen LogP contribution is 2.23. The summed E-state index contributed by atoms with van der Waals surface area (Å²) >= 11 is 0. The molecule has 1 aliphatic rings. The molecule has 4 rings (SSSR count). The average Bonchev–Trinajstić information content (AvgIpc) is 3.34. The van der Waals surface area contributed by atoms with Gasteiger partial charge in [-0.05, 0) is 65.1 Å². The van der Waals surface area contributed by atoms with Gasteiger partial charge in [-0.2, -0.15) is 0 Å². The molecule has 138 valence electrons. The van der Waals surface area contributed by atoms with Crippen molar-refractivity contribution < 1.29 is 9.18 Å². The fourth-order valence-corrected chi connectivity index (χ4v) is 3.63. The third-order valence-corrected chi connectivity index (χ3v) is 4.96. The fraction of sp³-hybridized carbons (Fsp3) is 0.300. The van der Waals surface area contributed by atoms with Crippen LogP contribution >= 0.6 is 0 Å². The predicted molar refractivity (Wildman–Crippen MR) is 97.7 cm³/mol. The van der Waals surface area contributed by atoms with E-state index in [9.17, 15) is 9.18 Å². The number of carbonyl (C=O) groups excluding carboxylic acids is 1. The highest BCUT2D eigenvalue weighted by Gasteiger charge is 2.28. The molecule has 1 aliphatic heterocycles. The Morgan fingerprint density at radius 2 is 2.00 bits per heavy atom. The Balaban J connectivity index is 1.41. The minimum atomic E-state index is -0.231. The van der Waals surface area contributed by atoms with Crippen LogP contribution in [-0.2, 0) is 17.6 Å². The van der Waals surface area contributed by atoms with Crippen LogP contribution in [0, 0.1) is 5.82 Å². The third kappa shape index (κ3) is 4.02. The van der Waals surface area contributed by atoms with Gasteiger partial charge in [-0.1, -0.05) is 24.3 Å². The average molecular weight is 365 g/mol. The summed E-state index contributed by atoms with van der Waals surface area (Å²) in [6, 6.07) is 14.4. The number of benzene rings is 2. The molecule has 6 nitrogen and oxygen atoms in total. The van der Waals surface area contributed by atoms with Gasteiger partial charge >= 0.3 is 0 Å². The minimum absolute atomic E-state index is 0.115. The molecule has 1 aromatic heterocycles. The lowest BCUT2D eigenvalue weighted by atomic mass is 10.0. The molecule has 2 aromatic carbocycles. The lowest BCUT2D eigenvalue weighted by Gasteiger charge is -2.25. The SMILES string of the molecule is O=C(Cc1ccc(-n2cnnn2)cc1)N1CCCC1Cc1cccc(F)c1. The highest BCUT2D eigenvalue weighted by molar-refractivity contribution is 5.79. The smallest absolute Gasteiger partial charge is 0.227 e. The van der Waals surface area contributed by atoms with Gasteiger partial charge in [-0.3, -0.25) is 4.79 Å². The van der Waals surface area contributed by atoms with Crippen LogP contribution in [0.25, 0.3) is 5.69 Å². The Kier molecular flexibility index (Phi) is 4.91. The summed E-state index contributed by atoms with van der Waals surface area (Å²) in [7, 11) is 0. The monoisotopic (exact) mass is 365 g/mol. The van der Waals surface area contributed by atoms with Crippen LogP contribution in [0.1, 0.15) is 24.0 Å². The maximum atomic E-state index is 13.4. The number of rotatable bonds is 5. The summed E-state index contributed by atoms with van der Waals surface area (Å²) in [5, 5.41) is 11.1. The van der Waals surface area contributed by atoms with Crippen LogP contribution in [-0.4, -0.2) is 43.6 Å². The van der Waals surface area contributed by atoms with Gasteiger partial charge in [0.15, 0.2) is 0 Å². The van der Waals surface area contributed by atoms with Gasteiger partial charge in [-0.15, -0.1) is 5.10 Å². The van der Waals surface area contributed by atoms with E-state index in [4.69, 9.17) is 0 Å². The van der Waals surface area contributed by atoms with Gasteiger partial charge in [0.05, 0.1) is 12.1 Å². The van der Waals surface area contributed by atoms with Gasteiger partial charge < -0.3 is 4.90 Å².